The second-order valence-corrected chi connectivity index (χ2v) is 4.60. The molecule has 19 heavy (non-hydrogen) atoms. The van der Waals surface area contributed by atoms with Gasteiger partial charge >= 0.3 is 0 Å². The number of nitrogen functional groups attached to an aromatic ring is 1. The van der Waals surface area contributed by atoms with Crippen molar-refractivity contribution < 1.29 is 13.7 Å². The molecule has 1 aromatic carbocycles. The van der Waals surface area contributed by atoms with Gasteiger partial charge < -0.3 is 5.73 Å². The first kappa shape index (κ1) is 12.9. The Balaban J connectivity index is 2.70. The molecule has 0 bridgehead atoms. The van der Waals surface area contributed by atoms with Crippen molar-refractivity contribution in [1.82, 2.24) is 0 Å². The monoisotopic (exact) mass is 281 g/mol. The lowest BCUT2D eigenvalue weighted by atomic mass is 10.1. The predicted octanol–water partition coefficient (Wildman–Crippen LogP) is 3.06. The third-order valence-corrected chi connectivity index (χ3v) is 3.45. The summed E-state index contributed by atoms with van der Waals surface area (Å²) in [6.07, 6.45) is 0. The highest BCUT2D eigenvalue weighted by Gasteiger charge is 2.22. The molecule has 1 heterocycles. The number of benzene rings is 1. The Morgan fingerprint density at radius 2 is 1.95 bits per heavy atom. The predicted molar refractivity (Wildman–Crippen MR) is 65.5 cm³/mol. The molecule has 0 aliphatic carbocycles. The average molecular weight is 281 g/mol. The summed E-state index contributed by atoms with van der Waals surface area (Å²) < 4.78 is 26.2. The zero-order chi connectivity index (χ0) is 14.2. The molecule has 0 fully saturated rings. The lowest BCUT2D eigenvalue weighted by Gasteiger charge is -2.01. The van der Waals surface area contributed by atoms with E-state index in [9.17, 15) is 18.9 Å². The Morgan fingerprint density at radius 1 is 1.32 bits per heavy atom. The van der Waals surface area contributed by atoms with Gasteiger partial charge in [-0.05, 0) is 12.1 Å². The van der Waals surface area contributed by atoms with Crippen LogP contribution >= 0.6 is 11.3 Å². The van der Waals surface area contributed by atoms with Crippen LogP contribution in [-0.2, 0) is 0 Å². The number of thiophene rings is 1. The van der Waals surface area contributed by atoms with E-state index < -0.39 is 22.2 Å². The van der Waals surface area contributed by atoms with E-state index >= 15 is 0 Å². The number of hydrogen-bond acceptors (Lipinski definition) is 5. The average Bonchev–Trinajstić information content (AvgIpc) is 2.73. The number of nitriles is 1. The lowest BCUT2D eigenvalue weighted by Crippen LogP contribution is -1.95. The fourth-order valence-electron chi connectivity index (χ4n) is 1.51. The van der Waals surface area contributed by atoms with Crippen LogP contribution < -0.4 is 5.73 Å². The Bertz CT molecular complexity index is 721. The summed E-state index contributed by atoms with van der Waals surface area (Å²) in [4.78, 5) is 10.4. The van der Waals surface area contributed by atoms with Gasteiger partial charge in [0.1, 0.15) is 10.9 Å². The molecule has 2 N–H and O–H groups in total. The normalized spacial score (nSPS) is 10.2. The fraction of sp³-hybridized carbons (Fsp3) is 0. The molecule has 0 spiro atoms. The van der Waals surface area contributed by atoms with Crippen molar-refractivity contribution in [3.05, 3.63) is 44.8 Å². The third-order valence-electron chi connectivity index (χ3n) is 2.36. The van der Waals surface area contributed by atoms with E-state index in [1.54, 1.807) is 0 Å². The standard InChI is InChI=1S/C11H5F2N3O2S/c12-6-1-5(9(16(17)18)2-7(6)13)10-3-8(15)11(4-14)19-10/h1-3H,15H2. The van der Waals surface area contributed by atoms with Gasteiger partial charge in [-0.25, -0.2) is 8.78 Å². The zero-order valence-corrected chi connectivity index (χ0v) is 10.0. The Labute approximate surface area is 109 Å². The highest BCUT2D eigenvalue weighted by molar-refractivity contribution is 7.16. The Hall–Kier alpha value is -2.53. The molecule has 0 amide bonds. The van der Waals surface area contributed by atoms with Gasteiger partial charge in [-0.15, -0.1) is 11.3 Å². The number of halogens is 2. The zero-order valence-electron chi connectivity index (χ0n) is 9.18. The van der Waals surface area contributed by atoms with Crippen LogP contribution in [0.4, 0.5) is 20.2 Å². The molecule has 2 rings (SSSR count). The molecule has 0 saturated carbocycles. The molecular weight excluding hydrogens is 276 g/mol. The second-order valence-electron chi connectivity index (χ2n) is 3.55. The van der Waals surface area contributed by atoms with Gasteiger partial charge in [-0.3, -0.25) is 10.1 Å². The topological polar surface area (TPSA) is 92.9 Å². The van der Waals surface area contributed by atoms with E-state index in [4.69, 9.17) is 11.0 Å². The molecule has 0 atom stereocenters. The summed E-state index contributed by atoms with van der Waals surface area (Å²) in [5.41, 5.74) is 4.99. The van der Waals surface area contributed by atoms with E-state index in [1.165, 1.54) is 6.07 Å². The van der Waals surface area contributed by atoms with Crippen molar-refractivity contribution in [2.45, 2.75) is 0 Å². The molecule has 0 aliphatic rings. The number of nitro benzene ring substituents is 1. The Morgan fingerprint density at radius 3 is 2.47 bits per heavy atom. The van der Waals surface area contributed by atoms with Crippen LogP contribution in [0, 0.1) is 33.1 Å². The van der Waals surface area contributed by atoms with Gasteiger partial charge in [-0.1, -0.05) is 0 Å². The SMILES string of the molecule is N#Cc1sc(-c2cc(F)c(F)cc2[N+](=O)[O-])cc1N. The minimum absolute atomic E-state index is 0.109. The maximum atomic E-state index is 13.2. The first-order chi connectivity index (χ1) is 8.93. The van der Waals surface area contributed by atoms with Gasteiger partial charge in [0, 0.05) is 4.88 Å². The molecule has 8 heteroatoms. The summed E-state index contributed by atoms with van der Waals surface area (Å²) >= 11 is 0.879. The van der Waals surface area contributed by atoms with Crippen molar-refractivity contribution in [2.24, 2.45) is 0 Å². The van der Waals surface area contributed by atoms with E-state index in [-0.39, 0.29) is 21.0 Å². The smallest absolute Gasteiger partial charge is 0.281 e. The van der Waals surface area contributed by atoms with Crippen LogP contribution in [0.5, 0.6) is 0 Å². The summed E-state index contributed by atoms with van der Waals surface area (Å²) in [5, 5.41) is 19.6. The van der Waals surface area contributed by atoms with Gasteiger partial charge in [0.2, 0.25) is 0 Å². The van der Waals surface area contributed by atoms with E-state index in [1.807, 2.05) is 6.07 Å². The van der Waals surface area contributed by atoms with Crippen molar-refractivity contribution in [3.8, 4) is 16.5 Å². The molecule has 1 aromatic heterocycles. The van der Waals surface area contributed by atoms with E-state index in [0.717, 1.165) is 17.4 Å². The summed E-state index contributed by atoms with van der Waals surface area (Å²) in [7, 11) is 0. The maximum Gasteiger partial charge on any atom is 0.281 e. The number of nitrogens with two attached hydrogens (primary N) is 1. The number of nitro groups is 1. The number of nitrogens with zero attached hydrogens (tertiary/aromatic N) is 2. The number of anilines is 1. The van der Waals surface area contributed by atoms with Gasteiger partial charge in [-0.2, -0.15) is 5.26 Å². The second kappa shape index (κ2) is 4.62. The lowest BCUT2D eigenvalue weighted by molar-refractivity contribution is -0.384. The van der Waals surface area contributed by atoms with E-state index in [0.29, 0.717) is 6.07 Å². The number of rotatable bonds is 2. The highest BCUT2D eigenvalue weighted by Crippen LogP contribution is 2.38. The number of hydrogen-bond donors (Lipinski definition) is 1. The molecule has 0 radical (unpaired) electrons. The van der Waals surface area contributed by atoms with Crippen LogP contribution in [0.15, 0.2) is 18.2 Å². The van der Waals surface area contributed by atoms with Gasteiger partial charge in [0.05, 0.1) is 22.2 Å². The first-order valence-corrected chi connectivity index (χ1v) is 5.69. The van der Waals surface area contributed by atoms with Crippen LogP contribution in [-0.4, -0.2) is 4.92 Å². The van der Waals surface area contributed by atoms with Crippen LogP contribution in [0.25, 0.3) is 10.4 Å². The molecule has 96 valence electrons. The molecular formula is C11H5F2N3O2S. The highest BCUT2D eigenvalue weighted by atomic mass is 32.1. The summed E-state index contributed by atoms with van der Waals surface area (Å²) in [6.45, 7) is 0. The van der Waals surface area contributed by atoms with Crippen molar-refractivity contribution in [3.63, 3.8) is 0 Å². The summed E-state index contributed by atoms with van der Waals surface area (Å²) in [5.74, 6) is -2.51. The maximum absolute atomic E-state index is 13.2. The first-order valence-electron chi connectivity index (χ1n) is 4.87. The van der Waals surface area contributed by atoms with Crippen molar-refractivity contribution in [2.75, 3.05) is 5.73 Å². The van der Waals surface area contributed by atoms with Gasteiger partial charge in [0.25, 0.3) is 5.69 Å². The Kier molecular flexibility index (Phi) is 3.14. The molecule has 0 unspecified atom stereocenters. The fourth-order valence-corrected chi connectivity index (χ4v) is 2.41. The van der Waals surface area contributed by atoms with E-state index in [2.05, 4.69) is 0 Å². The largest absolute Gasteiger partial charge is 0.397 e. The molecule has 2 aromatic rings. The summed E-state index contributed by atoms with van der Waals surface area (Å²) in [6, 6.07) is 4.37. The quantitative estimate of drug-likeness (QED) is 0.676. The minimum atomic E-state index is -1.31. The molecule has 5 nitrogen and oxygen atoms in total. The van der Waals surface area contributed by atoms with Crippen LogP contribution in [0.3, 0.4) is 0 Å². The van der Waals surface area contributed by atoms with Gasteiger partial charge in [0.15, 0.2) is 11.6 Å². The van der Waals surface area contributed by atoms with Crippen LogP contribution in [0.1, 0.15) is 4.88 Å². The minimum Gasteiger partial charge on any atom is -0.397 e. The molecule has 0 saturated heterocycles. The van der Waals surface area contributed by atoms with Crippen molar-refractivity contribution >= 4 is 22.7 Å². The molecule has 0 aliphatic heterocycles. The third kappa shape index (κ3) is 2.23. The van der Waals surface area contributed by atoms with Crippen LogP contribution in [0.2, 0.25) is 0 Å². The van der Waals surface area contributed by atoms with Crippen molar-refractivity contribution in [1.29, 1.82) is 5.26 Å².